The first-order chi connectivity index (χ1) is 12.0. The van der Waals surface area contributed by atoms with Crippen LogP contribution >= 0.6 is 24.0 Å². The highest BCUT2D eigenvalue weighted by atomic mass is 127. The zero-order valence-electron chi connectivity index (χ0n) is 18.3. The maximum Gasteiger partial charge on any atom is 0.191 e. The van der Waals surface area contributed by atoms with Crippen LogP contribution in [0.1, 0.15) is 65.7 Å². The molecule has 1 unspecified atom stereocenters. The van der Waals surface area contributed by atoms with E-state index in [1.54, 1.807) is 0 Å². The van der Waals surface area contributed by atoms with E-state index in [-0.39, 0.29) is 24.0 Å². The van der Waals surface area contributed by atoms with Gasteiger partial charge in [0.05, 0.1) is 0 Å². The van der Waals surface area contributed by atoms with E-state index in [1.807, 2.05) is 7.05 Å². The lowest BCUT2D eigenvalue weighted by atomic mass is 10.1. The van der Waals surface area contributed by atoms with Gasteiger partial charge in [0.15, 0.2) is 5.96 Å². The summed E-state index contributed by atoms with van der Waals surface area (Å²) in [7, 11) is 6.15. The molecule has 0 aliphatic heterocycles. The highest BCUT2D eigenvalue weighted by Gasteiger charge is 2.06. The molecule has 0 aromatic carbocycles. The lowest BCUT2D eigenvalue weighted by Crippen LogP contribution is -2.42. The van der Waals surface area contributed by atoms with Crippen LogP contribution < -0.4 is 10.6 Å². The summed E-state index contributed by atoms with van der Waals surface area (Å²) >= 11 is 0. The van der Waals surface area contributed by atoms with Gasteiger partial charge in [-0.1, -0.05) is 33.1 Å². The van der Waals surface area contributed by atoms with Crippen molar-refractivity contribution in [3.8, 4) is 0 Å². The number of aliphatic imine (C=N–C) groups is 1. The van der Waals surface area contributed by atoms with Gasteiger partial charge in [0.1, 0.15) is 0 Å². The predicted molar refractivity (Wildman–Crippen MR) is 128 cm³/mol. The first kappa shape index (κ1) is 28.1. The first-order valence-electron chi connectivity index (χ1n) is 10.4. The van der Waals surface area contributed by atoms with Crippen LogP contribution in [0.4, 0.5) is 0 Å². The molecule has 0 amide bonds. The van der Waals surface area contributed by atoms with E-state index in [1.165, 1.54) is 58.0 Å². The van der Waals surface area contributed by atoms with Gasteiger partial charge in [-0.2, -0.15) is 0 Å². The highest BCUT2D eigenvalue weighted by molar-refractivity contribution is 14.0. The number of nitrogens with zero attached hydrogens (tertiary/aromatic N) is 3. The molecule has 0 radical (unpaired) electrons. The molecule has 0 aliphatic carbocycles. The molecule has 0 spiro atoms. The van der Waals surface area contributed by atoms with Gasteiger partial charge in [-0.15, -0.1) is 24.0 Å². The normalized spacial score (nSPS) is 13.0. The lowest BCUT2D eigenvalue weighted by Gasteiger charge is -2.21. The molecule has 158 valence electrons. The van der Waals surface area contributed by atoms with Crippen LogP contribution in [0.5, 0.6) is 0 Å². The zero-order valence-corrected chi connectivity index (χ0v) is 20.6. The summed E-state index contributed by atoms with van der Waals surface area (Å²) in [5.41, 5.74) is 0. The van der Waals surface area contributed by atoms with Crippen molar-refractivity contribution in [3.05, 3.63) is 0 Å². The second-order valence-electron chi connectivity index (χ2n) is 7.28. The molecule has 1 atom stereocenters. The number of rotatable bonds is 15. The molecule has 6 heteroatoms. The van der Waals surface area contributed by atoms with Gasteiger partial charge in [-0.05, 0) is 72.9 Å². The fraction of sp³-hybridized carbons (Fsp3) is 0.950. The Morgan fingerprint density at radius 3 is 2.12 bits per heavy atom. The standard InChI is InChI=1S/C20H45N5.HI/c1-7-25(8-2)18-14-15-19(3)23-20(21-4)22-16-12-10-9-11-13-17-24(5)6;/h19H,7-18H2,1-6H3,(H2,21,22,23);1H. The molecule has 26 heavy (non-hydrogen) atoms. The quantitative estimate of drug-likeness (QED) is 0.161. The predicted octanol–water partition coefficient (Wildman–Crippen LogP) is 3.79. The molecule has 5 nitrogen and oxygen atoms in total. The average Bonchev–Trinajstić information content (AvgIpc) is 2.59. The fourth-order valence-corrected chi connectivity index (χ4v) is 2.95. The molecular formula is C20H46IN5. The maximum atomic E-state index is 4.35. The van der Waals surface area contributed by atoms with Gasteiger partial charge in [0.2, 0.25) is 0 Å². The van der Waals surface area contributed by atoms with Crippen LogP contribution in [0, 0.1) is 0 Å². The van der Waals surface area contributed by atoms with Crippen molar-refractivity contribution in [1.82, 2.24) is 20.4 Å². The summed E-state index contributed by atoms with van der Waals surface area (Å²) in [5.74, 6) is 0.947. The molecule has 0 saturated heterocycles. The lowest BCUT2D eigenvalue weighted by molar-refractivity contribution is 0.292. The topological polar surface area (TPSA) is 42.9 Å². The Bertz CT molecular complexity index is 319. The zero-order chi connectivity index (χ0) is 18.9. The van der Waals surface area contributed by atoms with E-state index in [4.69, 9.17) is 0 Å². The number of hydrogen-bond acceptors (Lipinski definition) is 3. The summed E-state index contributed by atoms with van der Waals surface area (Å²) < 4.78 is 0. The second-order valence-corrected chi connectivity index (χ2v) is 7.28. The number of guanidine groups is 1. The molecule has 0 aliphatic rings. The first-order valence-corrected chi connectivity index (χ1v) is 10.4. The van der Waals surface area contributed by atoms with Crippen LogP contribution in [-0.2, 0) is 0 Å². The summed E-state index contributed by atoms with van der Waals surface area (Å²) in [6.07, 6.45) is 8.94. The van der Waals surface area contributed by atoms with Crippen molar-refractivity contribution < 1.29 is 0 Å². The average molecular weight is 484 g/mol. The van der Waals surface area contributed by atoms with Gasteiger partial charge >= 0.3 is 0 Å². The van der Waals surface area contributed by atoms with E-state index >= 15 is 0 Å². The Labute approximate surface area is 180 Å². The van der Waals surface area contributed by atoms with Gasteiger partial charge in [0, 0.05) is 19.6 Å². The van der Waals surface area contributed by atoms with Crippen molar-refractivity contribution >= 4 is 29.9 Å². The Morgan fingerprint density at radius 2 is 1.54 bits per heavy atom. The number of unbranched alkanes of at least 4 members (excludes halogenated alkanes) is 4. The van der Waals surface area contributed by atoms with Crippen molar-refractivity contribution in [2.75, 3.05) is 53.9 Å². The van der Waals surface area contributed by atoms with E-state index < -0.39 is 0 Å². The van der Waals surface area contributed by atoms with E-state index in [0.29, 0.717) is 6.04 Å². The summed E-state index contributed by atoms with van der Waals surface area (Å²) in [4.78, 5) is 9.10. The molecule has 0 heterocycles. The van der Waals surface area contributed by atoms with Crippen LogP contribution in [-0.4, -0.2) is 75.7 Å². The summed E-state index contributed by atoms with van der Waals surface area (Å²) in [6.45, 7) is 12.4. The van der Waals surface area contributed by atoms with Crippen molar-refractivity contribution in [3.63, 3.8) is 0 Å². The molecule has 2 N–H and O–H groups in total. The van der Waals surface area contributed by atoms with Crippen molar-refractivity contribution in [1.29, 1.82) is 0 Å². The highest BCUT2D eigenvalue weighted by Crippen LogP contribution is 2.03. The van der Waals surface area contributed by atoms with E-state index in [0.717, 1.165) is 25.6 Å². The maximum absolute atomic E-state index is 4.35. The third-order valence-electron chi connectivity index (χ3n) is 4.69. The number of hydrogen-bond donors (Lipinski definition) is 2. The van der Waals surface area contributed by atoms with E-state index in [9.17, 15) is 0 Å². The van der Waals surface area contributed by atoms with Gasteiger partial charge in [0.25, 0.3) is 0 Å². The monoisotopic (exact) mass is 483 g/mol. The van der Waals surface area contributed by atoms with Crippen LogP contribution in [0.2, 0.25) is 0 Å². The molecule has 0 aromatic heterocycles. The molecule has 0 rings (SSSR count). The van der Waals surface area contributed by atoms with Crippen molar-refractivity contribution in [2.24, 2.45) is 4.99 Å². The fourth-order valence-electron chi connectivity index (χ4n) is 2.95. The Morgan fingerprint density at radius 1 is 0.923 bits per heavy atom. The minimum atomic E-state index is 0. The summed E-state index contributed by atoms with van der Waals surface area (Å²) in [5, 5.41) is 6.97. The molecule has 0 aromatic rings. The van der Waals surface area contributed by atoms with Gasteiger partial charge in [-0.25, -0.2) is 0 Å². The third kappa shape index (κ3) is 17.3. The Balaban J connectivity index is 0. The van der Waals surface area contributed by atoms with Gasteiger partial charge in [-0.3, -0.25) is 4.99 Å². The van der Waals surface area contributed by atoms with Crippen LogP contribution in [0.25, 0.3) is 0 Å². The molecule has 0 fully saturated rings. The van der Waals surface area contributed by atoms with Gasteiger partial charge < -0.3 is 20.4 Å². The molecule has 0 bridgehead atoms. The van der Waals surface area contributed by atoms with Crippen LogP contribution in [0.3, 0.4) is 0 Å². The minimum absolute atomic E-state index is 0. The number of nitrogens with one attached hydrogen (secondary N) is 2. The SMILES string of the molecule is CCN(CC)CCCC(C)NC(=NC)NCCCCCCCN(C)C.I. The minimum Gasteiger partial charge on any atom is -0.356 e. The van der Waals surface area contributed by atoms with Crippen molar-refractivity contribution in [2.45, 2.75) is 71.8 Å². The van der Waals surface area contributed by atoms with E-state index in [2.05, 4.69) is 60.3 Å². The summed E-state index contributed by atoms with van der Waals surface area (Å²) in [6, 6.07) is 0.466. The molecular weight excluding hydrogens is 437 g/mol. The largest absolute Gasteiger partial charge is 0.356 e. The number of halogens is 1. The third-order valence-corrected chi connectivity index (χ3v) is 4.69. The Kier molecular flexibility index (Phi) is 21.3. The second kappa shape index (κ2) is 19.7. The smallest absolute Gasteiger partial charge is 0.191 e. The molecule has 0 saturated carbocycles. The van der Waals surface area contributed by atoms with Crippen LogP contribution in [0.15, 0.2) is 4.99 Å². The Hall–Kier alpha value is -0.0800.